The Kier molecular flexibility index (Phi) is 8.43. The van der Waals surface area contributed by atoms with E-state index in [9.17, 15) is 4.39 Å². The van der Waals surface area contributed by atoms with Crippen LogP contribution in [0.25, 0.3) is 0 Å². The molecule has 2 N–H and O–H groups in total. The number of piperidine rings is 1. The third-order valence-corrected chi connectivity index (χ3v) is 5.86. The van der Waals surface area contributed by atoms with Crippen LogP contribution in [0.3, 0.4) is 0 Å². The molecule has 1 aliphatic rings. The maximum Gasteiger partial charge on any atom is 0.191 e. The lowest BCUT2D eigenvalue weighted by Crippen LogP contribution is -2.48. The predicted molar refractivity (Wildman–Crippen MR) is 127 cm³/mol. The molecule has 0 aromatic heterocycles. The highest BCUT2D eigenvalue weighted by molar-refractivity contribution is 5.79. The first-order valence-electron chi connectivity index (χ1n) is 11.1. The summed E-state index contributed by atoms with van der Waals surface area (Å²) in [6, 6.07) is 14.4. The van der Waals surface area contributed by atoms with Gasteiger partial charge in [-0.3, -0.25) is 9.89 Å². The molecule has 31 heavy (non-hydrogen) atoms. The van der Waals surface area contributed by atoms with Crippen LogP contribution in [0, 0.1) is 12.7 Å². The fourth-order valence-corrected chi connectivity index (χ4v) is 4.04. The maximum absolute atomic E-state index is 14.0. The summed E-state index contributed by atoms with van der Waals surface area (Å²) >= 11 is 0. The van der Waals surface area contributed by atoms with E-state index >= 15 is 0 Å². The molecule has 0 atom stereocenters. The lowest BCUT2D eigenvalue weighted by Gasteiger charge is -2.33. The first kappa shape index (κ1) is 23.2. The number of aryl methyl sites for hydroxylation is 1. The Balaban J connectivity index is 1.46. The summed E-state index contributed by atoms with van der Waals surface area (Å²) < 4.78 is 14.0. The van der Waals surface area contributed by atoms with Gasteiger partial charge in [0, 0.05) is 51.4 Å². The van der Waals surface area contributed by atoms with Crippen molar-refractivity contribution in [3.8, 4) is 0 Å². The van der Waals surface area contributed by atoms with E-state index in [2.05, 4.69) is 51.7 Å². The highest BCUT2D eigenvalue weighted by Gasteiger charge is 2.20. The van der Waals surface area contributed by atoms with Crippen molar-refractivity contribution in [3.05, 3.63) is 70.5 Å². The summed E-state index contributed by atoms with van der Waals surface area (Å²) in [6.45, 7) is 6.57. The van der Waals surface area contributed by atoms with Crippen LogP contribution in [0.5, 0.6) is 0 Å². The summed E-state index contributed by atoms with van der Waals surface area (Å²) in [5.74, 6) is 0.647. The molecule has 0 saturated carbocycles. The molecule has 1 aliphatic heterocycles. The van der Waals surface area contributed by atoms with Gasteiger partial charge in [0.05, 0.1) is 0 Å². The number of hydrogen-bond donors (Lipinski definition) is 2. The van der Waals surface area contributed by atoms with Gasteiger partial charge in [0.15, 0.2) is 5.96 Å². The largest absolute Gasteiger partial charge is 0.354 e. The minimum absolute atomic E-state index is 0.155. The normalized spacial score (nSPS) is 16.0. The van der Waals surface area contributed by atoms with Crippen molar-refractivity contribution in [3.63, 3.8) is 0 Å². The van der Waals surface area contributed by atoms with Crippen LogP contribution in [-0.2, 0) is 19.6 Å². The van der Waals surface area contributed by atoms with E-state index in [4.69, 9.17) is 0 Å². The van der Waals surface area contributed by atoms with Gasteiger partial charge in [-0.2, -0.15) is 0 Å². The second-order valence-corrected chi connectivity index (χ2v) is 8.71. The highest BCUT2D eigenvalue weighted by Crippen LogP contribution is 2.16. The van der Waals surface area contributed by atoms with E-state index in [-0.39, 0.29) is 5.82 Å². The molecule has 5 nitrogen and oxygen atoms in total. The zero-order valence-corrected chi connectivity index (χ0v) is 19.3. The van der Waals surface area contributed by atoms with Gasteiger partial charge >= 0.3 is 0 Å². The van der Waals surface area contributed by atoms with Crippen molar-refractivity contribution in [2.24, 2.45) is 4.99 Å². The van der Waals surface area contributed by atoms with Crippen molar-refractivity contribution >= 4 is 5.96 Å². The van der Waals surface area contributed by atoms with Gasteiger partial charge in [-0.1, -0.05) is 30.3 Å². The van der Waals surface area contributed by atoms with Crippen LogP contribution in [0.1, 0.15) is 35.1 Å². The summed E-state index contributed by atoms with van der Waals surface area (Å²) in [4.78, 5) is 8.89. The number of halogens is 1. The maximum atomic E-state index is 14.0. The molecule has 0 bridgehead atoms. The van der Waals surface area contributed by atoms with Gasteiger partial charge in [-0.05, 0) is 62.7 Å². The third-order valence-electron chi connectivity index (χ3n) is 5.86. The van der Waals surface area contributed by atoms with Gasteiger partial charge < -0.3 is 15.5 Å². The van der Waals surface area contributed by atoms with Crippen molar-refractivity contribution < 1.29 is 4.39 Å². The van der Waals surface area contributed by atoms with E-state index in [0.29, 0.717) is 24.7 Å². The topological polar surface area (TPSA) is 42.9 Å². The molecule has 0 unspecified atom stereocenters. The van der Waals surface area contributed by atoms with Gasteiger partial charge in [-0.15, -0.1) is 0 Å². The van der Waals surface area contributed by atoms with Gasteiger partial charge in [0.1, 0.15) is 5.82 Å². The summed E-state index contributed by atoms with van der Waals surface area (Å²) in [5, 5.41) is 6.94. The smallest absolute Gasteiger partial charge is 0.191 e. The Morgan fingerprint density at radius 2 is 1.87 bits per heavy atom. The van der Waals surface area contributed by atoms with Gasteiger partial charge in [0.25, 0.3) is 0 Å². The van der Waals surface area contributed by atoms with Crippen molar-refractivity contribution in [1.82, 2.24) is 20.4 Å². The van der Waals surface area contributed by atoms with Crippen molar-refractivity contribution in [1.29, 1.82) is 0 Å². The molecule has 1 saturated heterocycles. The summed E-state index contributed by atoms with van der Waals surface area (Å²) in [5.41, 5.74) is 4.55. The molecule has 1 fully saturated rings. The average Bonchev–Trinajstić information content (AvgIpc) is 2.75. The van der Waals surface area contributed by atoms with Crippen LogP contribution >= 0.6 is 0 Å². The number of nitrogens with one attached hydrogen (secondary N) is 2. The second kappa shape index (κ2) is 11.3. The molecule has 6 heteroatoms. The number of rotatable bonds is 7. The van der Waals surface area contributed by atoms with Gasteiger partial charge in [-0.25, -0.2) is 4.39 Å². The number of benzene rings is 2. The summed E-state index contributed by atoms with van der Waals surface area (Å²) in [6.07, 6.45) is 2.19. The number of likely N-dealkylation sites (tertiary alicyclic amines) is 1. The number of guanidine groups is 1. The Morgan fingerprint density at radius 1 is 1.13 bits per heavy atom. The standard InChI is InChI=1S/C25H36FN5/c1-19-7-5-6-8-21(19)18-31-13-11-23(12-14-31)29-25(27-2)28-16-20-9-10-24(26)22(15-20)17-30(3)4/h5-10,15,23H,11-14,16-18H2,1-4H3,(H2,27,28,29). The Bertz CT molecular complexity index is 872. The molecule has 0 radical (unpaired) electrons. The van der Waals surface area contributed by atoms with E-state index in [1.807, 2.05) is 31.1 Å². The molecule has 0 aliphatic carbocycles. The molecule has 2 aromatic carbocycles. The van der Waals surface area contributed by atoms with Crippen LogP contribution in [-0.4, -0.2) is 56.0 Å². The molecule has 168 valence electrons. The number of hydrogen-bond acceptors (Lipinski definition) is 3. The molecule has 2 aromatic rings. The van der Waals surface area contributed by atoms with Crippen LogP contribution < -0.4 is 10.6 Å². The first-order chi connectivity index (χ1) is 14.9. The highest BCUT2D eigenvalue weighted by atomic mass is 19.1. The van der Waals surface area contributed by atoms with E-state index in [1.54, 1.807) is 13.1 Å². The molecular weight excluding hydrogens is 389 g/mol. The molecular formula is C25H36FN5. The van der Waals surface area contributed by atoms with Gasteiger partial charge in [0.2, 0.25) is 0 Å². The lowest BCUT2D eigenvalue weighted by atomic mass is 10.0. The van der Waals surface area contributed by atoms with Crippen LogP contribution in [0.2, 0.25) is 0 Å². The molecule has 0 amide bonds. The zero-order valence-electron chi connectivity index (χ0n) is 19.3. The quantitative estimate of drug-likeness (QED) is 0.526. The molecule has 3 rings (SSSR count). The fraction of sp³-hybridized carbons (Fsp3) is 0.480. The molecule has 1 heterocycles. The van der Waals surface area contributed by atoms with Crippen molar-refractivity contribution in [2.45, 2.75) is 45.4 Å². The minimum atomic E-state index is -0.155. The number of nitrogens with zero attached hydrogens (tertiary/aromatic N) is 3. The van der Waals surface area contributed by atoms with E-state index in [1.165, 1.54) is 11.1 Å². The Morgan fingerprint density at radius 3 is 2.55 bits per heavy atom. The Labute approximate surface area is 186 Å². The lowest BCUT2D eigenvalue weighted by molar-refractivity contribution is 0.198. The average molecular weight is 426 g/mol. The monoisotopic (exact) mass is 425 g/mol. The SMILES string of the molecule is CN=C(NCc1ccc(F)c(CN(C)C)c1)NC1CCN(Cc2ccccc2C)CC1. The second-order valence-electron chi connectivity index (χ2n) is 8.71. The van der Waals surface area contributed by atoms with Crippen LogP contribution in [0.15, 0.2) is 47.5 Å². The Hall–Kier alpha value is -2.44. The van der Waals surface area contributed by atoms with Crippen molar-refractivity contribution in [2.75, 3.05) is 34.2 Å². The predicted octanol–water partition coefficient (Wildman–Crippen LogP) is 3.53. The molecule has 0 spiro atoms. The third kappa shape index (κ3) is 7.04. The fourth-order valence-electron chi connectivity index (χ4n) is 4.04. The van der Waals surface area contributed by atoms with Crippen LogP contribution in [0.4, 0.5) is 4.39 Å². The zero-order chi connectivity index (χ0) is 22.2. The van der Waals surface area contributed by atoms with E-state index in [0.717, 1.165) is 44.0 Å². The number of aliphatic imine (C=N–C) groups is 1. The first-order valence-corrected chi connectivity index (χ1v) is 11.1. The summed E-state index contributed by atoms with van der Waals surface area (Å²) in [7, 11) is 5.69. The van der Waals surface area contributed by atoms with E-state index < -0.39 is 0 Å². The minimum Gasteiger partial charge on any atom is -0.354 e.